The maximum Gasteiger partial charge on any atom is 0.291 e. The SMILES string of the molecule is CCc1ccccc1[C@@H]1C[C@@H]2CN(C(=O)C3=N[C@H]4CC/C=C\C=N/C4=N3)C[C@@H]2C1. The molecule has 1 aromatic carbocycles. The van der Waals surface area contributed by atoms with Crippen molar-refractivity contribution in [3.63, 3.8) is 0 Å². The van der Waals surface area contributed by atoms with Crippen LogP contribution in [0, 0.1) is 11.8 Å². The molecular weight excluding hydrogens is 360 g/mol. The summed E-state index contributed by atoms with van der Waals surface area (Å²) < 4.78 is 0. The number of nitrogens with zero attached hydrogens (tertiary/aromatic N) is 4. The summed E-state index contributed by atoms with van der Waals surface area (Å²) in [6.07, 6.45) is 11.0. The average molecular weight is 389 g/mol. The Morgan fingerprint density at radius 3 is 2.76 bits per heavy atom. The van der Waals surface area contributed by atoms with Crippen LogP contribution < -0.4 is 0 Å². The third-order valence-electron chi connectivity index (χ3n) is 6.94. The topological polar surface area (TPSA) is 57.4 Å². The lowest BCUT2D eigenvalue weighted by molar-refractivity contribution is -0.123. The highest BCUT2D eigenvalue weighted by Crippen LogP contribution is 2.47. The van der Waals surface area contributed by atoms with E-state index >= 15 is 0 Å². The van der Waals surface area contributed by atoms with Crippen LogP contribution in [0.2, 0.25) is 0 Å². The first kappa shape index (κ1) is 18.5. The summed E-state index contributed by atoms with van der Waals surface area (Å²) in [6, 6.07) is 8.81. The number of aryl methyl sites for hydroxylation is 1. The monoisotopic (exact) mass is 388 g/mol. The minimum Gasteiger partial charge on any atom is -0.335 e. The van der Waals surface area contributed by atoms with Crippen LogP contribution in [0.3, 0.4) is 0 Å². The number of amides is 1. The minimum absolute atomic E-state index is 0.00712. The normalized spacial score (nSPS) is 32.7. The first-order valence-electron chi connectivity index (χ1n) is 11.0. The molecule has 0 N–H and O–H groups in total. The molecule has 0 bridgehead atoms. The van der Waals surface area contributed by atoms with Crippen molar-refractivity contribution in [3.05, 3.63) is 47.5 Å². The molecule has 0 unspecified atom stereocenters. The van der Waals surface area contributed by atoms with Crippen molar-refractivity contribution in [2.24, 2.45) is 26.8 Å². The number of aliphatic imine (C=N–C) groups is 3. The van der Waals surface area contributed by atoms with E-state index in [2.05, 4.69) is 52.2 Å². The van der Waals surface area contributed by atoms with Gasteiger partial charge in [0.25, 0.3) is 5.91 Å². The third kappa shape index (κ3) is 3.47. The van der Waals surface area contributed by atoms with Gasteiger partial charge in [0, 0.05) is 19.3 Å². The predicted octanol–water partition coefficient (Wildman–Crippen LogP) is 3.80. The zero-order valence-corrected chi connectivity index (χ0v) is 17.0. The van der Waals surface area contributed by atoms with Gasteiger partial charge in [-0.05, 0) is 67.1 Å². The van der Waals surface area contributed by atoms with Gasteiger partial charge >= 0.3 is 0 Å². The Morgan fingerprint density at radius 2 is 1.97 bits per heavy atom. The van der Waals surface area contributed by atoms with Gasteiger partial charge in [0.1, 0.15) is 6.04 Å². The Balaban J connectivity index is 1.25. The van der Waals surface area contributed by atoms with Crippen LogP contribution in [0.5, 0.6) is 0 Å². The number of allylic oxidation sites excluding steroid dienone is 2. The molecule has 150 valence electrons. The smallest absolute Gasteiger partial charge is 0.291 e. The van der Waals surface area contributed by atoms with E-state index in [1.165, 1.54) is 24.0 Å². The van der Waals surface area contributed by atoms with Crippen molar-refractivity contribution in [2.45, 2.75) is 51.0 Å². The van der Waals surface area contributed by atoms with Crippen molar-refractivity contribution in [2.75, 3.05) is 13.1 Å². The number of hydrogen-bond acceptors (Lipinski definition) is 4. The van der Waals surface area contributed by atoms with Gasteiger partial charge in [0.15, 0.2) is 5.84 Å². The molecule has 4 atom stereocenters. The molecule has 0 radical (unpaired) electrons. The fraction of sp³-hybridized carbons (Fsp3) is 0.500. The van der Waals surface area contributed by atoms with E-state index in [0.717, 1.165) is 32.4 Å². The van der Waals surface area contributed by atoms with Gasteiger partial charge in [-0.3, -0.25) is 9.79 Å². The standard InChI is InChI=1S/C24H28N4O/c1-2-16-8-5-6-9-20(16)17-12-18-14-28(15-19(18)13-17)24(29)23-26-21-10-4-3-7-11-25-22(21)27-23/h3,5-9,11,17-19,21H,2,4,10,12-15H2,1H3/b7-3-,25-11-/t17-,18-,19+,21-/m0/s1. The molecule has 1 amide bonds. The summed E-state index contributed by atoms with van der Waals surface area (Å²) in [6.45, 7) is 3.92. The first-order valence-corrected chi connectivity index (χ1v) is 11.0. The van der Waals surface area contributed by atoms with Crippen LogP contribution in [0.1, 0.15) is 49.7 Å². The summed E-state index contributed by atoms with van der Waals surface area (Å²) in [5.41, 5.74) is 3.00. The van der Waals surface area contributed by atoms with Crippen molar-refractivity contribution in [1.82, 2.24) is 4.90 Å². The molecular formula is C24H28N4O. The molecule has 2 fully saturated rings. The number of carbonyl (C=O) groups excluding carboxylic acids is 1. The van der Waals surface area contributed by atoms with E-state index in [9.17, 15) is 4.79 Å². The molecule has 4 aliphatic rings. The number of fused-ring (bicyclic) bond motifs is 2. The Labute approximate surface area is 172 Å². The molecule has 3 aliphatic heterocycles. The van der Waals surface area contributed by atoms with E-state index in [1.807, 2.05) is 11.0 Å². The van der Waals surface area contributed by atoms with E-state index in [-0.39, 0.29) is 11.9 Å². The predicted molar refractivity (Wildman–Crippen MR) is 117 cm³/mol. The number of hydrogen-bond donors (Lipinski definition) is 0. The second-order valence-electron chi connectivity index (χ2n) is 8.67. The number of likely N-dealkylation sites (tertiary alicyclic amines) is 1. The van der Waals surface area contributed by atoms with Crippen LogP contribution >= 0.6 is 0 Å². The lowest BCUT2D eigenvalue weighted by atomic mass is 9.90. The van der Waals surface area contributed by atoms with E-state index in [4.69, 9.17) is 0 Å². The van der Waals surface area contributed by atoms with Crippen LogP contribution in [-0.4, -0.2) is 47.8 Å². The summed E-state index contributed by atoms with van der Waals surface area (Å²) >= 11 is 0. The molecule has 5 nitrogen and oxygen atoms in total. The summed E-state index contributed by atoms with van der Waals surface area (Å²) in [4.78, 5) is 28.5. The molecule has 29 heavy (non-hydrogen) atoms. The van der Waals surface area contributed by atoms with E-state index in [0.29, 0.717) is 29.4 Å². The van der Waals surface area contributed by atoms with Gasteiger partial charge in [-0.2, -0.15) is 0 Å². The van der Waals surface area contributed by atoms with Gasteiger partial charge in [0.2, 0.25) is 5.84 Å². The molecule has 5 heteroatoms. The molecule has 0 aromatic heterocycles. The van der Waals surface area contributed by atoms with Crippen LogP contribution in [0.4, 0.5) is 0 Å². The molecule has 0 spiro atoms. The van der Waals surface area contributed by atoms with Gasteiger partial charge in [-0.15, -0.1) is 0 Å². The number of benzene rings is 1. The molecule has 1 aliphatic carbocycles. The van der Waals surface area contributed by atoms with Crippen molar-refractivity contribution in [1.29, 1.82) is 0 Å². The van der Waals surface area contributed by atoms with Crippen LogP contribution in [-0.2, 0) is 11.2 Å². The van der Waals surface area contributed by atoms with Crippen molar-refractivity contribution >= 4 is 23.8 Å². The number of amidine groups is 2. The van der Waals surface area contributed by atoms with Gasteiger partial charge in [-0.25, -0.2) is 9.98 Å². The summed E-state index contributed by atoms with van der Waals surface area (Å²) in [7, 11) is 0. The van der Waals surface area contributed by atoms with Gasteiger partial charge < -0.3 is 4.90 Å². The quantitative estimate of drug-likeness (QED) is 0.777. The molecule has 5 rings (SSSR count). The maximum absolute atomic E-state index is 13.1. The molecule has 1 saturated carbocycles. The van der Waals surface area contributed by atoms with Crippen molar-refractivity contribution < 1.29 is 4.79 Å². The lowest BCUT2D eigenvalue weighted by Crippen LogP contribution is -2.34. The number of carbonyl (C=O) groups is 1. The zero-order valence-electron chi connectivity index (χ0n) is 17.0. The van der Waals surface area contributed by atoms with Crippen LogP contribution in [0.25, 0.3) is 0 Å². The average Bonchev–Trinajstić information content (AvgIpc) is 3.40. The van der Waals surface area contributed by atoms with Crippen molar-refractivity contribution in [3.8, 4) is 0 Å². The second kappa shape index (κ2) is 7.69. The summed E-state index contributed by atoms with van der Waals surface area (Å²) in [5.74, 6) is 2.87. The zero-order chi connectivity index (χ0) is 19.8. The highest BCUT2D eigenvalue weighted by Gasteiger charge is 2.44. The van der Waals surface area contributed by atoms with Crippen LogP contribution in [0.15, 0.2) is 51.4 Å². The highest BCUT2D eigenvalue weighted by molar-refractivity contribution is 6.41. The Hall–Kier alpha value is -2.56. The van der Waals surface area contributed by atoms with E-state index < -0.39 is 0 Å². The lowest BCUT2D eigenvalue weighted by Gasteiger charge is -2.20. The Kier molecular flexibility index (Phi) is 4.90. The first-order chi connectivity index (χ1) is 14.2. The minimum atomic E-state index is -0.0628. The maximum atomic E-state index is 13.1. The van der Waals surface area contributed by atoms with Gasteiger partial charge in [0.05, 0.1) is 0 Å². The summed E-state index contributed by atoms with van der Waals surface area (Å²) in [5, 5.41) is 0. The Morgan fingerprint density at radius 1 is 1.17 bits per heavy atom. The van der Waals surface area contributed by atoms with E-state index in [1.54, 1.807) is 6.21 Å². The molecule has 1 saturated heterocycles. The van der Waals surface area contributed by atoms with Gasteiger partial charge in [-0.1, -0.05) is 37.3 Å². The molecule has 1 aromatic rings. The third-order valence-corrected chi connectivity index (χ3v) is 6.94. The second-order valence-corrected chi connectivity index (χ2v) is 8.67. The fourth-order valence-corrected chi connectivity index (χ4v) is 5.47. The number of rotatable bonds is 3. The largest absolute Gasteiger partial charge is 0.335 e. The molecule has 3 heterocycles. The Bertz CT molecular complexity index is 915. The highest BCUT2D eigenvalue weighted by atomic mass is 16.2. The fourth-order valence-electron chi connectivity index (χ4n) is 5.47.